The van der Waals surface area contributed by atoms with Crippen LogP contribution in [0.15, 0.2) is 24.5 Å². The van der Waals surface area contributed by atoms with Crippen molar-refractivity contribution in [2.45, 2.75) is 25.6 Å². The van der Waals surface area contributed by atoms with E-state index in [-0.39, 0.29) is 18.8 Å². The summed E-state index contributed by atoms with van der Waals surface area (Å²) in [5.41, 5.74) is -1.01. The number of halogens is 3. The second-order valence-corrected chi connectivity index (χ2v) is 5.92. The van der Waals surface area contributed by atoms with Crippen LogP contribution in [-0.2, 0) is 4.79 Å². The fourth-order valence-corrected chi connectivity index (χ4v) is 1.99. The van der Waals surface area contributed by atoms with Crippen molar-refractivity contribution in [2.24, 2.45) is 0 Å². The predicted molar refractivity (Wildman–Crippen MR) is 87.7 cm³/mol. The standard InChI is InChI=1S/C15H16F3N5O3.H2/c1-14(2,13(26)21-7-15(16,17)18)23-10-3-4-19-11(22-10)8-5-9(12(24)25)20-6-8;/h3-6,20H,7H2,1-2H3,(H,21,26)(H,24,25)(H,19,22,23);1H. The third kappa shape index (κ3) is 4.94. The van der Waals surface area contributed by atoms with Crippen molar-refractivity contribution in [3.63, 3.8) is 0 Å². The molecule has 0 unspecified atom stereocenters. The van der Waals surface area contributed by atoms with Gasteiger partial charge >= 0.3 is 12.1 Å². The molecule has 0 saturated heterocycles. The van der Waals surface area contributed by atoms with Crippen molar-refractivity contribution in [3.8, 4) is 11.4 Å². The van der Waals surface area contributed by atoms with Gasteiger partial charge in [-0.2, -0.15) is 13.2 Å². The highest BCUT2D eigenvalue weighted by molar-refractivity contribution is 5.88. The van der Waals surface area contributed by atoms with Crippen LogP contribution in [0.25, 0.3) is 11.4 Å². The molecule has 2 rings (SSSR count). The molecule has 142 valence electrons. The van der Waals surface area contributed by atoms with E-state index in [1.54, 1.807) is 5.32 Å². The van der Waals surface area contributed by atoms with Gasteiger partial charge in [0.15, 0.2) is 5.82 Å². The first-order valence-corrected chi connectivity index (χ1v) is 7.36. The smallest absolute Gasteiger partial charge is 0.405 e. The van der Waals surface area contributed by atoms with Crippen LogP contribution in [0.3, 0.4) is 0 Å². The monoisotopic (exact) mass is 373 g/mol. The summed E-state index contributed by atoms with van der Waals surface area (Å²) in [7, 11) is 0. The van der Waals surface area contributed by atoms with Crippen molar-refractivity contribution in [1.82, 2.24) is 20.3 Å². The number of hydrogen-bond acceptors (Lipinski definition) is 5. The Morgan fingerprint density at radius 3 is 2.62 bits per heavy atom. The van der Waals surface area contributed by atoms with E-state index in [1.807, 2.05) is 0 Å². The number of carbonyl (C=O) groups excluding carboxylic acids is 1. The average molecular weight is 373 g/mol. The largest absolute Gasteiger partial charge is 0.477 e. The number of carboxylic acid groups (broad SMARTS) is 1. The molecule has 2 aromatic heterocycles. The van der Waals surface area contributed by atoms with E-state index in [1.165, 1.54) is 38.4 Å². The van der Waals surface area contributed by atoms with Crippen LogP contribution in [0.2, 0.25) is 0 Å². The minimum atomic E-state index is -4.51. The molecule has 0 spiro atoms. The number of nitrogens with one attached hydrogen (secondary N) is 3. The molecule has 0 aromatic carbocycles. The van der Waals surface area contributed by atoms with E-state index < -0.39 is 30.1 Å². The van der Waals surface area contributed by atoms with Crippen molar-refractivity contribution >= 4 is 17.7 Å². The molecule has 8 nitrogen and oxygen atoms in total. The normalized spacial score (nSPS) is 11.9. The van der Waals surface area contributed by atoms with Gasteiger partial charge in [0.1, 0.15) is 23.6 Å². The number of anilines is 1. The Labute approximate surface area is 147 Å². The third-order valence-electron chi connectivity index (χ3n) is 3.28. The highest BCUT2D eigenvalue weighted by Crippen LogP contribution is 2.20. The molecule has 1 amide bonds. The first-order chi connectivity index (χ1) is 12.0. The lowest BCUT2D eigenvalue weighted by molar-refractivity contribution is -0.140. The molecule has 2 heterocycles. The second kappa shape index (κ2) is 7.02. The van der Waals surface area contributed by atoms with Crippen molar-refractivity contribution in [1.29, 1.82) is 0 Å². The third-order valence-corrected chi connectivity index (χ3v) is 3.28. The van der Waals surface area contributed by atoms with Crippen LogP contribution < -0.4 is 10.6 Å². The van der Waals surface area contributed by atoms with Gasteiger partial charge in [-0.1, -0.05) is 0 Å². The predicted octanol–water partition coefficient (Wildman–Crippen LogP) is 2.28. The number of H-pyrrole nitrogens is 1. The molecule has 26 heavy (non-hydrogen) atoms. The summed E-state index contributed by atoms with van der Waals surface area (Å²) in [6, 6.07) is 2.77. The molecule has 0 saturated carbocycles. The summed E-state index contributed by atoms with van der Waals surface area (Å²) >= 11 is 0. The maximum Gasteiger partial charge on any atom is 0.405 e. The van der Waals surface area contributed by atoms with E-state index in [0.29, 0.717) is 5.56 Å². The highest BCUT2D eigenvalue weighted by Gasteiger charge is 2.33. The molecule has 0 aliphatic carbocycles. The Balaban J connectivity index is 0.00000364. The van der Waals surface area contributed by atoms with E-state index in [4.69, 9.17) is 5.11 Å². The average Bonchev–Trinajstić information content (AvgIpc) is 3.02. The Bertz CT molecular complexity index is 823. The van der Waals surface area contributed by atoms with Gasteiger partial charge in [0.05, 0.1) is 0 Å². The number of aromatic nitrogens is 3. The first kappa shape index (κ1) is 19.2. The van der Waals surface area contributed by atoms with Gasteiger partial charge in [-0.25, -0.2) is 14.8 Å². The quantitative estimate of drug-likeness (QED) is 0.617. The molecule has 2 aromatic rings. The number of hydrogen-bond donors (Lipinski definition) is 4. The number of aromatic amines is 1. The SMILES string of the molecule is CC(C)(Nc1ccnc(-c2c[nH]c(C(=O)O)c2)n1)C(=O)NCC(F)(F)F.[HH]. The summed E-state index contributed by atoms with van der Waals surface area (Å²) < 4.78 is 36.7. The molecule has 11 heteroatoms. The topological polar surface area (TPSA) is 120 Å². The molecule has 0 bridgehead atoms. The minimum absolute atomic E-state index is 0. The Morgan fingerprint density at radius 2 is 2.04 bits per heavy atom. The van der Waals surface area contributed by atoms with Crippen LogP contribution in [0.1, 0.15) is 25.8 Å². The summed E-state index contributed by atoms with van der Waals surface area (Å²) in [4.78, 5) is 33.6. The number of amides is 1. The zero-order chi connectivity index (χ0) is 19.5. The number of alkyl halides is 3. The van der Waals surface area contributed by atoms with Gasteiger partial charge in [-0.15, -0.1) is 0 Å². The Morgan fingerprint density at radius 1 is 1.35 bits per heavy atom. The fraction of sp³-hybridized carbons (Fsp3) is 0.333. The van der Waals surface area contributed by atoms with E-state index >= 15 is 0 Å². The van der Waals surface area contributed by atoms with Crippen LogP contribution in [-0.4, -0.2) is 50.2 Å². The van der Waals surface area contributed by atoms with Crippen LogP contribution in [0, 0.1) is 0 Å². The fourth-order valence-electron chi connectivity index (χ4n) is 1.99. The van der Waals surface area contributed by atoms with Crippen LogP contribution >= 0.6 is 0 Å². The van der Waals surface area contributed by atoms with Gasteiger partial charge in [0.2, 0.25) is 5.91 Å². The lowest BCUT2D eigenvalue weighted by Crippen LogP contribution is -2.50. The Kier molecular flexibility index (Phi) is 5.19. The summed E-state index contributed by atoms with van der Waals surface area (Å²) in [5, 5.41) is 13.5. The zero-order valence-corrected chi connectivity index (χ0v) is 13.8. The number of nitrogens with zero attached hydrogens (tertiary/aromatic N) is 2. The maximum atomic E-state index is 12.2. The van der Waals surface area contributed by atoms with E-state index in [0.717, 1.165) is 0 Å². The van der Waals surface area contributed by atoms with E-state index in [2.05, 4.69) is 20.3 Å². The lowest BCUT2D eigenvalue weighted by atomic mass is 10.0. The molecule has 0 radical (unpaired) electrons. The molecule has 0 aliphatic heterocycles. The van der Waals surface area contributed by atoms with Gasteiger partial charge < -0.3 is 20.7 Å². The molecule has 0 atom stereocenters. The van der Waals surface area contributed by atoms with E-state index in [9.17, 15) is 22.8 Å². The lowest BCUT2D eigenvalue weighted by Gasteiger charge is -2.26. The van der Waals surface area contributed by atoms with Crippen molar-refractivity contribution in [3.05, 3.63) is 30.2 Å². The molecule has 0 aliphatic rings. The molecule has 0 fully saturated rings. The van der Waals surface area contributed by atoms with Crippen molar-refractivity contribution in [2.75, 3.05) is 11.9 Å². The number of rotatable bonds is 6. The number of carboxylic acids is 1. The molecule has 4 N–H and O–H groups in total. The minimum Gasteiger partial charge on any atom is -0.477 e. The van der Waals surface area contributed by atoms with Crippen LogP contribution in [0.4, 0.5) is 19.0 Å². The maximum absolute atomic E-state index is 12.2. The summed E-state index contributed by atoms with van der Waals surface area (Å²) in [6.45, 7) is 1.37. The molecular formula is C15H18F3N5O3. The van der Waals surface area contributed by atoms with Gasteiger partial charge in [-0.3, -0.25) is 4.79 Å². The Hall–Kier alpha value is -3.11. The second-order valence-electron chi connectivity index (χ2n) is 5.92. The van der Waals surface area contributed by atoms with Crippen molar-refractivity contribution < 1.29 is 29.3 Å². The van der Waals surface area contributed by atoms with Gasteiger partial charge in [0.25, 0.3) is 0 Å². The van der Waals surface area contributed by atoms with Crippen LogP contribution in [0.5, 0.6) is 0 Å². The summed E-state index contributed by atoms with van der Waals surface area (Å²) in [5.74, 6) is -1.62. The molecular weight excluding hydrogens is 355 g/mol. The van der Waals surface area contributed by atoms with Gasteiger partial charge in [-0.05, 0) is 26.0 Å². The number of aromatic carboxylic acids is 1. The van der Waals surface area contributed by atoms with Gasteiger partial charge in [0, 0.05) is 19.4 Å². The summed E-state index contributed by atoms with van der Waals surface area (Å²) in [6.07, 6.45) is -1.73. The number of carbonyl (C=O) groups is 2. The zero-order valence-electron chi connectivity index (χ0n) is 13.8. The highest BCUT2D eigenvalue weighted by atomic mass is 19.4. The first-order valence-electron chi connectivity index (χ1n) is 7.36.